The molecule has 2 rings (SSSR count). The normalized spacial score (nSPS) is 13.3. The van der Waals surface area contributed by atoms with Gasteiger partial charge in [-0.1, -0.05) is 13.8 Å². The summed E-state index contributed by atoms with van der Waals surface area (Å²) < 4.78 is 5.33. The molecule has 1 fully saturated rings. The fourth-order valence-corrected chi connectivity index (χ4v) is 3.28. The largest absolute Gasteiger partial charge is 0.462 e. The second kappa shape index (κ2) is 16.8. The lowest BCUT2D eigenvalue weighted by atomic mass is 10.1. The monoisotopic (exact) mass is 511 g/mol. The molecule has 0 bridgehead atoms. The summed E-state index contributed by atoms with van der Waals surface area (Å²) in [5, 5.41) is 10.3. The van der Waals surface area contributed by atoms with Crippen LogP contribution in [0.15, 0.2) is 24.3 Å². The molecule has 1 aliphatic rings. The summed E-state index contributed by atoms with van der Waals surface area (Å²) >= 11 is 0. The van der Waals surface area contributed by atoms with Gasteiger partial charge in [0.25, 0.3) is 0 Å². The number of amides is 1. The molecule has 8 nitrogen and oxygen atoms in total. The molecule has 11 heteroatoms. The molecule has 0 unspecified atom stereocenters. The van der Waals surface area contributed by atoms with Crippen LogP contribution in [0.25, 0.3) is 0 Å². The van der Waals surface area contributed by atoms with Crippen molar-refractivity contribution in [1.82, 2.24) is 10.2 Å². The molecule has 1 heterocycles. The molecule has 0 radical (unpaired) electrons. The maximum absolute atomic E-state index is 12.1. The van der Waals surface area contributed by atoms with Crippen molar-refractivity contribution in [3.63, 3.8) is 0 Å². The first-order valence-electron chi connectivity index (χ1n) is 10.3. The van der Waals surface area contributed by atoms with E-state index in [0.29, 0.717) is 18.7 Å². The lowest BCUT2D eigenvalue weighted by molar-refractivity contribution is -0.149. The summed E-state index contributed by atoms with van der Waals surface area (Å²) in [4.78, 5) is 28.3. The predicted octanol–water partition coefficient (Wildman–Crippen LogP) is 2.60. The molecule has 0 atom stereocenters. The molecule has 32 heavy (non-hydrogen) atoms. The number of amidine groups is 1. The molecule has 184 valence electrons. The van der Waals surface area contributed by atoms with Crippen molar-refractivity contribution in [2.45, 2.75) is 39.2 Å². The third-order valence-corrected chi connectivity index (χ3v) is 5.14. The van der Waals surface area contributed by atoms with Gasteiger partial charge >= 0.3 is 5.97 Å². The molecule has 0 aliphatic carbocycles. The van der Waals surface area contributed by atoms with Crippen molar-refractivity contribution in [2.75, 3.05) is 44.2 Å². The highest BCUT2D eigenvalue weighted by Gasteiger charge is 2.19. The van der Waals surface area contributed by atoms with Gasteiger partial charge < -0.3 is 20.7 Å². The number of hydrogen-bond acceptors (Lipinski definition) is 6. The van der Waals surface area contributed by atoms with Crippen molar-refractivity contribution in [1.29, 1.82) is 5.41 Å². The summed E-state index contributed by atoms with van der Waals surface area (Å²) in [5.41, 5.74) is 7.30. The quantitative estimate of drug-likeness (QED) is 0.252. The molecule has 1 aliphatic heterocycles. The van der Waals surface area contributed by atoms with E-state index in [1.165, 1.54) is 0 Å². The van der Waals surface area contributed by atoms with Crippen LogP contribution < -0.4 is 16.0 Å². The van der Waals surface area contributed by atoms with Crippen LogP contribution in [0.5, 0.6) is 0 Å². The highest BCUT2D eigenvalue weighted by molar-refractivity contribution is 5.95. The first-order valence-corrected chi connectivity index (χ1v) is 10.3. The second-order valence-electron chi connectivity index (χ2n) is 7.25. The number of esters is 1. The topological polar surface area (TPSA) is 112 Å². The number of nitrogens with two attached hydrogens (primary N) is 1. The number of rotatable bonds is 10. The van der Waals surface area contributed by atoms with Crippen LogP contribution in [-0.2, 0) is 14.3 Å². The number of halogens is 3. The molecular weight excluding hydrogens is 477 g/mol. The fourth-order valence-electron chi connectivity index (χ4n) is 3.28. The van der Waals surface area contributed by atoms with Crippen molar-refractivity contribution in [3.05, 3.63) is 29.8 Å². The third-order valence-electron chi connectivity index (χ3n) is 5.14. The number of anilines is 1. The predicted molar refractivity (Wildman–Crippen MR) is 136 cm³/mol. The number of benzene rings is 1. The van der Waals surface area contributed by atoms with E-state index < -0.39 is 0 Å². The van der Waals surface area contributed by atoms with Crippen molar-refractivity contribution < 1.29 is 14.3 Å². The summed E-state index contributed by atoms with van der Waals surface area (Å²) in [5.74, 6) is -0.265. The first kappa shape index (κ1) is 32.4. The SMILES string of the molecule is CCC(CC)OC(=O)CCNC(=O)CN1CCN(c2ccc(C(=N)N)cc2)CC1.Cl.Cl.Cl. The van der Waals surface area contributed by atoms with E-state index in [2.05, 4.69) is 15.1 Å². The third kappa shape index (κ3) is 10.7. The minimum atomic E-state index is -0.261. The van der Waals surface area contributed by atoms with E-state index in [1.54, 1.807) is 0 Å². The molecule has 1 aromatic rings. The van der Waals surface area contributed by atoms with E-state index >= 15 is 0 Å². The lowest BCUT2D eigenvalue weighted by Crippen LogP contribution is -2.49. The van der Waals surface area contributed by atoms with Crippen LogP contribution in [0.1, 0.15) is 38.7 Å². The first-order chi connectivity index (χ1) is 13.9. The van der Waals surface area contributed by atoms with Crippen molar-refractivity contribution >= 4 is 60.6 Å². The van der Waals surface area contributed by atoms with Gasteiger partial charge in [0.05, 0.1) is 13.0 Å². The van der Waals surface area contributed by atoms with Crippen LogP contribution in [-0.4, -0.2) is 68.0 Å². The minimum absolute atomic E-state index is 0. The lowest BCUT2D eigenvalue weighted by Gasteiger charge is -2.35. The van der Waals surface area contributed by atoms with Gasteiger partial charge in [0, 0.05) is 44.0 Å². The average molecular weight is 513 g/mol. The van der Waals surface area contributed by atoms with Crippen LogP contribution in [0.3, 0.4) is 0 Å². The Kier molecular flexibility index (Phi) is 17.1. The Labute approximate surface area is 209 Å². The zero-order valence-corrected chi connectivity index (χ0v) is 21.1. The maximum atomic E-state index is 12.1. The molecule has 1 amide bonds. The highest BCUT2D eigenvalue weighted by atomic mass is 35.5. The molecule has 1 aromatic carbocycles. The summed E-state index contributed by atoms with van der Waals surface area (Å²) in [6, 6.07) is 7.65. The van der Waals surface area contributed by atoms with Gasteiger partial charge in [0.15, 0.2) is 0 Å². The van der Waals surface area contributed by atoms with Crippen molar-refractivity contribution in [3.8, 4) is 0 Å². The second-order valence-corrected chi connectivity index (χ2v) is 7.25. The Morgan fingerprint density at radius 2 is 1.62 bits per heavy atom. The number of nitrogen functional groups attached to an aromatic ring is 1. The van der Waals surface area contributed by atoms with Gasteiger partial charge in [-0.3, -0.25) is 19.9 Å². The number of carbonyl (C=O) groups is 2. The van der Waals surface area contributed by atoms with Crippen LogP contribution >= 0.6 is 37.2 Å². The maximum Gasteiger partial charge on any atom is 0.307 e. The van der Waals surface area contributed by atoms with Gasteiger partial charge in [0.1, 0.15) is 11.9 Å². The Morgan fingerprint density at radius 1 is 1.06 bits per heavy atom. The van der Waals surface area contributed by atoms with E-state index in [4.69, 9.17) is 15.9 Å². The molecule has 4 N–H and O–H groups in total. The fraction of sp³-hybridized carbons (Fsp3) is 0.571. The van der Waals surface area contributed by atoms with Crippen LogP contribution in [0, 0.1) is 5.41 Å². The average Bonchev–Trinajstić information content (AvgIpc) is 2.72. The number of nitrogens with zero attached hydrogens (tertiary/aromatic N) is 2. The molecule has 0 aromatic heterocycles. The van der Waals surface area contributed by atoms with Gasteiger partial charge in [-0.25, -0.2) is 0 Å². The van der Waals surface area contributed by atoms with Crippen LogP contribution in [0.2, 0.25) is 0 Å². The van der Waals surface area contributed by atoms with E-state index in [9.17, 15) is 9.59 Å². The van der Waals surface area contributed by atoms with Crippen LogP contribution in [0.4, 0.5) is 5.69 Å². The van der Waals surface area contributed by atoms with E-state index in [0.717, 1.165) is 44.7 Å². The number of carbonyl (C=O) groups excluding carboxylic acids is 2. The van der Waals surface area contributed by atoms with Gasteiger partial charge in [0.2, 0.25) is 5.91 Å². The van der Waals surface area contributed by atoms with Gasteiger partial charge in [-0.15, -0.1) is 37.2 Å². The van der Waals surface area contributed by atoms with E-state index in [1.807, 2.05) is 38.1 Å². The molecule has 0 saturated carbocycles. The molecular formula is C21H36Cl3N5O3. The number of piperazine rings is 1. The smallest absolute Gasteiger partial charge is 0.307 e. The Morgan fingerprint density at radius 3 is 2.12 bits per heavy atom. The summed E-state index contributed by atoms with van der Waals surface area (Å²) in [6.45, 7) is 7.85. The number of hydrogen-bond donors (Lipinski definition) is 3. The minimum Gasteiger partial charge on any atom is -0.462 e. The van der Waals surface area contributed by atoms with Gasteiger partial charge in [-0.05, 0) is 37.1 Å². The zero-order valence-electron chi connectivity index (χ0n) is 18.7. The Hall–Kier alpha value is -1.74. The summed E-state index contributed by atoms with van der Waals surface area (Å²) in [7, 11) is 0. The Balaban J connectivity index is 0. The Bertz CT molecular complexity index is 694. The number of nitrogens with one attached hydrogen (secondary N) is 2. The standard InChI is InChI=1S/C21H33N5O3.3ClH/c1-3-18(4-2)29-20(28)9-10-24-19(27)15-25-11-13-26(14-12-25)17-7-5-16(6-8-17)21(22)23;;;/h5-8,18H,3-4,9-15H2,1-2H3,(H3,22,23)(H,24,27);3*1H. The molecule has 1 saturated heterocycles. The van der Waals surface area contributed by atoms with Gasteiger partial charge in [-0.2, -0.15) is 0 Å². The highest BCUT2D eigenvalue weighted by Crippen LogP contribution is 2.17. The van der Waals surface area contributed by atoms with Crippen molar-refractivity contribution in [2.24, 2.45) is 5.73 Å². The molecule has 0 spiro atoms. The summed E-state index contributed by atoms with van der Waals surface area (Å²) in [6.07, 6.45) is 1.78. The zero-order chi connectivity index (χ0) is 21.2. The van der Waals surface area contributed by atoms with E-state index in [-0.39, 0.29) is 67.5 Å². The number of ether oxygens (including phenoxy) is 1.